The van der Waals surface area contributed by atoms with Crippen molar-refractivity contribution in [1.82, 2.24) is 0 Å². The molecule has 0 aliphatic carbocycles. The Kier molecular flexibility index (Phi) is 4.51. The zero-order valence-corrected chi connectivity index (χ0v) is 13.1. The highest BCUT2D eigenvalue weighted by atomic mass is 32.1. The SMILES string of the molecule is N#Cc1ccsc1NC(=O)c1ccccc1Cc1ccccc1. The Labute approximate surface area is 138 Å². The summed E-state index contributed by atoms with van der Waals surface area (Å²) in [5.74, 6) is -0.185. The highest BCUT2D eigenvalue weighted by Crippen LogP contribution is 2.24. The van der Waals surface area contributed by atoms with Gasteiger partial charge in [0, 0.05) is 5.56 Å². The molecule has 1 aromatic heterocycles. The van der Waals surface area contributed by atoms with Crippen molar-refractivity contribution in [2.75, 3.05) is 5.32 Å². The second-order valence-electron chi connectivity index (χ2n) is 5.05. The van der Waals surface area contributed by atoms with E-state index in [1.54, 1.807) is 11.4 Å². The Morgan fingerprint density at radius 3 is 2.57 bits per heavy atom. The Morgan fingerprint density at radius 1 is 1.04 bits per heavy atom. The minimum Gasteiger partial charge on any atom is -0.312 e. The number of carbonyl (C=O) groups excluding carboxylic acids is 1. The van der Waals surface area contributed by atoms with Crippen LogP contribution in [0.15, 0.2) is 66.0 Å². The van der Waals surface area contributed by atoms with Gasteiger partial charge in [0.05, 0.1) is 5.56 Å². The van der Waals surface area contributed by atoms with Crippen LogP contribution in [0.1, 0.15) is 27.0 Å². The van der Waals surface area contributed by atoms with Crippen molar-refractivity contribution < 1.29 is 4.79 Å². The number of nitrogens with one attached hydrogen (secondary N) is 1. The van der Waals surface area contributed by atoms with Gasteiger partial charge in [0.2, 0.25) is 0 Å². The number of hydrogen-bond donors (Lipinski definition) is 1. The first-order valence-corrected chi connectivity index (χ1v) is 8.06. The largest absolute Gasteiger partial charge is 0.312 e. The topological polar surface area (TPSA) is 52.9 Å². The molecule has 3 aromatic rings. The molecule has 0 atom stereocenters. The lowest BCUT2D eigenvalue weighted by molar-refractivity contribution is 0.102. The number of anilines is 1. The fourth-order valence-electron chi connectivity index (χ4n) is 2.38. The summed E-state index contributed by atoms with van der Waals surface area (Å²) in [6.45, 7) is 0. The predicted octanol–water partition coefficient (Wildman–Crippen LogP) is 4.46. The molecule has 23 heavy (non-hydrogen) atoms. The third-order valence-corrected chi connectivity index (χ3v) is 4.34. The second kappa shape index (κ2) is 6.91. The van der Waals surface area contributed by atoms with E-state index in [1.165, 1.54) is 11.3 Å². The molecule has 1 amide bonds. The molecule has 0 saturated carbocycles. The van der Waals surface area contributed by atoms with E-state index in [0.29, 0.717) is 22.5 Å². The van der Waals surface area contributed by atoms with E-state index in [9.17, 15) is 4.79 Å². The van der Waals surface area contributed by atoms with Crippen molar-refractivity contribution in [2.24, 2.45) is 0 Å². The van der Waals surface area contributed by atoms with E-state index in [4.69, 9.17) is 5.26 Å². The van der Waals surface area contributed by atoms with E-state index in [-0.39, 0.29) is 5.91 Å². The summed E-state index contributed by atoms with van der Waals surface area (Å²) in [5.41, 5.74) is 3.24. The van der Waals surface area contributed by atoms with Crippen LogP contribution in [0, 0.1) is 11.3 Å². The molecule has 3 nitrogen and oxygen atoms in total. The molecule has 0 bridgehead atoms. The van der Waals surface area contributed by atoms with Crippen LogP contribution in [0.3, 0.4) is 0 Å². The van der Waals surface area contributed by atoms with Gasteiger partial charge in [-0.2, -0.15) is 5.26 Å². The standard InChI is InChI=1S/C19H14N2OS/c20-13-16-10-11-23-19(16)21-18(22)17-9-5-4-8-15(17)12-14-6-2-1-3-7-14/h1-11H,12H2,(H,21,22). The molecular formula is C19H14N2OS. The summed E-state index contributed by atoms with van der Waals surface area (Å²) in [5, 5.41) is 14.3. The summed E-state index contributed by atoms with van der Waals surface area (Å²) in [7, 11) is 0. The van der Waals surface area contributed by atoms with E-state index < -0.39 is 0 Å². The number of hydrogen-bond acceptors (Lipinski definition) is 3. The van der Waals surface area contributed by atoms with Gasteiger partial charge in [-0.3, -0.25) is 4.79 Å². The molecule has 0 fully saturated rings. The summed E-state index contributed by atoms with van der Waals surface area (Å²) in [4.78, 5) is 12.6. The van der Waals surface area contributed by atoms with Gasteiger partial charge in [-0.15, -0.1) is 11.3 Å². The van der Waals surface area contributed by atoms with Crippen LogP contribution in [-0.2, 0) is 6.42 Å². The van der Waals surface area contributed by atoms with Crippen molar-refractivity contribution >= 4 is 22.2 Å². The molecular weight excluding hydrogens is 304 g/mol. The normalized spacial score (nSPS) is 10.0. The zero-order chi connectivity index (χ0) is 16.1. The molecule has 0 aliphatic rings. The van der Waals surface area contributed by atoms with Gasteiger partial charge in [0.1, 0.15) is 11.1 Å². The summed E-state index contributed by atoms with van der Waals surface area (Å²) < 4.78 is 0. The Bertz CT molecular complexity index is 862. The van der Waals surface area contributed by atoms with Crippen LogP contribution < -0.4 is 5.32 Å². The maximum Gasteiger partial charge on any atom is 0.256 e. The maximum atomic E-state index is 12.6. The van der Waals surface area contributed by atoms with Crippen LogP contribution in [0.2, 0.25) is 0 Å². The fourth-order valence-corrected chi connectivity index (χ4v) is 3.11. The molecule has 2 aromatic carbocycles. The lowest BCUT2D eigenvalue weighted by atomic mass is 9.99. The first-order valence-electron chi connectivity index (χ1n) is 7.18. The smallest absolute Gasteiger partial charge is 0.256 e. The molecule has 0 spiro atoms. The Balaban J connectivity index is 1.85. The molecule has 3 rings (SSSR count). The van der Waals surface area contributed by atoms with Crippen LogP contribution in [-0.4, -0.2) is 5.91 Å². The average Bonchev–Trinajstić information content (AvgIpc) is 3.03. The highest BCUT2D eigenvalue weighted by Gasteiger charge is 2.14. The average molecular weight is 318 g/mol. The number of nitrogens with zero attached hydrogens (tertiary/aromatic N) is 1. The van der Waals surface area contributed by atoms with E-state index in [1.807, 2.05) is 54.6 Å². The maximum absolute atomic E-state index is 12.6. The monoisotopic (exact) mass is 318 g/mol. The first kappa shape index (κ1) is 15.0. The van der Waals surface area contributed by atoms with Crippen molar-refractivity contribution in [3.8, 4) is 6.07 Å². The number of nitriles is 1. The lowest BCUT2D eigenvalue weighted by Crippen LogP contribution is -2.14. The Morgan fingerprint density at radius 2 is 1.78 bits per heavy atom. The number of amides is 1. The summed E-state index contributed by atoms with van der Waals surface area (Å²) in [6, 6.07) is 21.4. The number of carbonyl (C=O) groups is 1. The van der Waals surface area contributed by atoms with Crippen molar-refractivity contribution in [2.45, 2.75) is 6.42 Å². The van der Waals surface area contributed by atoms with Gasteiger partial charge >= 0.3 is 0 Å². The first-order chi connectivity index (χ1) is 11.3. The second-order valence-corrected chi connectivity index (χ2v) is 5.96. The summed E-state index contributed by atoms with van der Waals surface area (Å²) in [6.07, 6.45) is 0.694. The number of benzene rings is 2. The van der Waals surface area contributed by atoms with Gasteiger partial charge in [0.25, 0.3) is 5.91 Å². The fraction of sp³-hybridized carbons (Fsp3) is 0.0526. The molecule has 0 aliphatic heterocycles. The summed E-state index contributed by atoms with van der Waals surface area (Å²) >= 11 is 1.35. The van der Waals surface area contributed by atoms with Crippen LogP contribution in [0.5, 0.6) is 0 Å². The number of rotatable bonds is 4. The Hall–Kier alpha value is -2.90. The molecule has 1 N–H and O–H groups in total. The van der Waals surface area contributed by atoms with Gasteiger partial charge < -0.3 is 5.32 Å². The zero-order valence-electron chi connectivity index (χ0n) is 12.3. The molecule has 0 saturated heterocycles. The quantitative estimate of drug-likeness (QED) is 0.772. The minimum atomic E-state index is -0.185. The van der Waals surface area contributed by atoms with E-state index in [2.05, 4.69) is 11.4 Å². The molecule has 0 unspecified atom stereocenters. The van der Waals surface area contributed by atoms with Gasteiger partial charge in [0.15, 0.2) is 0 Å². The minimum absolute atomic E-state index is 0.185. The molecule has 4 heteroatoms. The predicted molar refractivity (Wildman–Crippen MR) is 92.7 cm³/mol. The lowest BCUT2D eigenvalue weighted by Gasteiger charge is -2.10. The van der Waals surface area contributed by atoms with Gasteiger partial charge in [-0.05, 0) is 35.1 Å². The van der Waals surface area contributed by atoms with Gasteiger partial charge in [-0.1, -0.05) is 48.5 Å². The van der Waals surface area contributed by atoms with Crippen molar-refractivity contribution in [1.29, 1.82) is 5.26 Å². The molecule has 1 heterocycles. The number of thiophene rings is 1. The van der Waals surface area contributed by atoms with Gasteiger partial charge in [-0.25, -0.2) is 0 Å². The van der Waals surface area contributed by atoms with Crippen LogP contribution >= 0.6 is 11.3 Å². The molecule has 112 valence electrons. The third-order valence-electron chi connectivity index (χ3n) is 3.51. The molecule has 0 radical (unpaired) electrons. The van der Waals surface area contributed by atoms with E-state index in [0.717, 1.165) is 11.1 Å². The highest BCUT2D eigenvalue weighted by molar-refractivity contribution is 7.14. The van der Waals surface area contributed by atoms with Crippen molar-refractivity contribution in [3.05, 3.63) is 88.3 Å². The van der Waals surface area contributed by atoms with E-state index >= 15 is 0 Å². The van der Waals surface area contributed by atoms with Crippen LogP contribution in [0.25, 0.3) is 0 Å². The van der Waals surface area contributed by atoms with Crippen LogP contribution in [0.4, 0.5) is 5.00 Å². The van der Waals surface area contributed by atoms with Crippen molar-refractivity contribution in [3.63, 3.8) is 0 Å². The third kappa shape index (κ3) is 3.47.